The van der Waals surface area contributed by atoms with E-state index in [1.807, 2.05) is 12.1 Å². The second-order valence-electron chi connectivity index (χ2n) is 6.48. The van der Waals surface area contributed by atoms with E-state index in [2.05, 4.69) is 38.1 Å². The predicted molar refractivity (Wildman–Crippen MR) is 102 cm³/mol. The van der Waals surface area contributed by atoms with Crippen molar-refractivity contribution in [1.29, 1.82) is 0 Å². The van der Waals surface area contributed by atoms with E-state index in [0.29, 0.717) is 24.0 Å². The molecule has 0 bridgehead atoms. The minimum Gasteiger partial charge on any atom is -0.496 e. The number of ether oxygens (including phenoxy) is 3. The van der Waals surface area contributed by atoms with Crippen molar-refractivity contribution in [3.05, 3.63) is 53.1 Å². The van der Waals surface area contributed by atoms with Crippen LogP contribution in [0.2, 0.25) is 0 Å². The van der Waals surface area contributed by atoms with Gasteiger partial charge in [-0.25, -0.2) is 0 Å². The molecule has 4 heteroatoms. The Labute approximate surface area is 150 Å². The number of methoxy groups -OCH3 is 3. The highest BCUT2D eigenvalue weighted by atomic mass is 16.5. The maximum atomic E-state index is 6.07. The molecule has 2 aromatic rings. The molecule has 25 heavy (non-hydrogen) atoms. The zero-order chi connectivity index (χ0) is 18.4. The van der Waals surface area contributed by atoms with E-state index in [1.54, 1.807) is 21.3 Å². The van der Waals surface area contributed by atoms with Gasteiger partial charge in [0.1, 0.15) is 5.75 Å². The first kappa shape index (κ1) is 19.1. The highest BCUT2D eigenvalue weighted by molar-refractivity contribution is 5.51. The lowest BCUT2D eigenvalue weighted by Crippen LogP contribution is -2.15. The van der Waals surface area contributed by atoms with Gasteiger partial charge in [-0.1, -0.05) is 38.1 Å². The standard InChI is InChI=1S/C21H29NO3/c1-14(2)15-6-8-16(9-7-15)18(13-22)10-17-11-20(24-4)21(25-5)12-19(17)23-3/h6-9,11-12,14,18H,10,13,22H2,1-5H3. The molecule has 2 aromatic carbocycles. The summed E-state index contributed by atoms with van der Waals surface area (Å²) in [5, 5.41) is 0. The van der Waals surface area contributed by atoms with Crippen LogP contribution in [0.15, 0.2) is 36.4 Å². The minimum absolute atomic E-state index is 0.216. The second-order valence-corrected chi connectivity index (χ2v) is 6.48. The predicted octanol–water partition coefficient (Wildman–Crippen LogP) is 4.12. The van der Waals surface area contributed by atoms with E-state index in [0.717, 1.165) is 17.7 Å². The van der Waals surface area contributed by atoms with E-state index in [4.69, 9.17) is 19.9 Å². The lowest BCUT2D eigenvalue weighted by Gasteiger charge is -2.19. The molecule has 136 valence electrons. The molecular formula is C21H29NO3. The van der Waals surface area contributed by atoms with Crippen LogP contribution in [0.25, 0.3) is 0 Å². The van der Waals surface area contributed by atoms with Crippen LogP contribution in [-0.2, 0) is 6.42 Å². The van der Waals surface area contributed by atoms with Gasteiger partial charge in [-0.3, -0.25) is 0 Å². The minimum atomic E-state index is 0.216. The van der Waals surface area contributed by atoms with Crippen molar-refractivity contribution in [3.63, 3.8) is 0 Å². The van der Waals surface area contributed by atoms with Gasteiger partial charge in [0.05, 0.1) is 21.3 Å². The molecule has 4 nitrogen and oxygen atoms in total. The topological polar surface area (TPSA) is 53.7 Å². The van der Waals surface area contributed by atoms with Crippen molar-refractivity contribution in [3.8, 4) is 17.2 Å². The van der Waals surface area contributed by atoms with E-state index in [1.165, 1.54) is 11.1 Å². The molecule has 0 aliphatic heterocycles. The fourth-order valence-electron chi connectivity index (χ4n) is 3.01. The van der Waals surface area contributed by atoms with E-state index in [-0.39, 0.29) is 5.92 Å². The van der Waals surface area contributed by atoms with Gasteiger partial charge in [-0.15, -0.1) is 0 Å². The summed E-state index contributed by atoms with van der Waals surface area (Å²) in [6.45, 7) is 4.96. The lowest BCUT2D eigenvalue weighted by atomic mass is 9.90. The van der Waals surface area contributed by atoms with Crippen LogP contribution in [-0.4, -0.2) is 27.9 Å². The van der Waals surface area contributed by atoms with E-state index >= 15 is 0 Å². The number of benzene rings is 2. The molecule has 2 N–H and O–H groups in total. The average molecular weight is 343 g/mol. The zero-order valence-electron chi connectivity index (χ0n) is 15.8. The summed E-state index contributed by atoms with van der Waals surface area (Å²) < 4.78 is 16.3. The molecule has 0 radical (unpaired) electrons. The number of nitrogens with two attached hydrogens (primary N) is 1. The lowest BCUT2D eigenvalue weighted by molar-refractivity contribution is 0.347. The van der Waals surface area contributed by atoms with Crippen LogP contribution in [0.1, 0.15) is 42.4 Å². The molecule has 0 saturated carbocycles. The third kappa shape index (κ3) is 4.45. The Bertz CT molecular complexity index is 680. The van der Waals surface area contributed by atoms with Crippen molar-refractivity contribution in [2.45, 2.75) is 32.1 Å². The summed E-state index contributed by atoms with van der Waals surface area (Å²) in [6.07, 6.45) is 0.779. The van der Waals surface area contributed by atoms with Crippen LogP contribution in [0.5, 0.6) is 17.2 Å². The van der Waals surface area contributed by atoms with Gasteiger partial charge in [-0.2, -0.15) is 0 Å². The molecule has 0 fully saturated rings. The third-order valence-corrected chi connectivity index (χ3v) is 4.61. The van der Waals surface area contributed by atoms with E-state index < -0.39 is 0 Å². The average Bonchev–Trinajstić information content (AvgIpc) is 2.65. The highest BCUT2D eigenvalue weighted by Crippen LogP contribution is 2.37. The summed E-state index contributed by atoms with van der Waals surface area (Å²) >= 11 is 0. The second kappa shape index (κ2) is 8.77. The van der Waals surface area contributed by atoms with Crippen molar-refractivity contribution in [2.24, 2.45) is 5.73 Å². The first-order valence-corrected chi connectivity index (χ1v) is 8.62. The number of hydrogen-bond acceptors (Lipinski definition) is 4. The molecule has 0 aliphatic rings. The van der Waals surface area contributed by atoms with Gasteiger partial charge in [0.25, 0.3) is 0 Å². The Morgan fingerprint density at radius 2 is 1.32 bits per heavy atom. The molecule has 1 unspecified atom stereocenters. The van der Waals surface area contributed by atoms with Gasteiger partial charge >= 0.3 is 0 Å². The molecule has 0 saturated heterocycles. The van der Waals surface area contributed by atoms with Crippen LogP contribution < -0.4 is 19.9 Å². The first-order valence-electron chi connectivity index (χ1n) is 8.62. The van der Waals surface area contributed by atoms with Crippen LogP contribution in [0.4, 0.5) is 0 Å². The van der Waals surface area contributed by atoms with Crippen molar-refractivity contribution in [2.75, 3.05) is 27.9 Å². The largest absolute Gasteiger partial charge is 0.496 e. The number of hydrogen-bond donors (Lipinski definition) is 1. The fourth-order valence-corrected chi connectivity index (χ4v) is 3.01. The summed E-state index contributed by atoms with van der Waals surface area (Å²) in [6, 6.07) is 12.6. The van der Waals surface area contributed by atoms with Gasteiger partial charge in [0.2, 0.25) is 0 Å². The molecule has 0 amide bonds. The maximum Gasteiger partial charge on any atom is 0.164 e. The molecule has 0 spiro atoms. The van der Waals surface area contributed by atoms with Crippen LogP contribution in [0, 0.1) is 0 Å². The zero-order valence-corrected chi connectivity index (χ0v) is 15.8. The summed E-state index contributed by atoms with van der Waals surface area (Å²) in [5.74, 6) is 2.89. The summed E-state index contributed by atoms with van der Waals surface area (Å²) in [4.78, 5) is 0. The molecular weight excluding hydrogens is 314 g/mol. The highest BCUT2D eigenvalue weighted by Gasteiger charge is 2.17. The molecule has 0 heterocycles. The Morgan fingerprint density at radius 1 is 0.800 bits per heavy atom. The fraction of sp³-hybridized carbons (Fsp3) is 0.429. The van der Waals surface area contributed by atoms with Crippen molar-refractivity contribution >= 4 is 0 Å². The summed E-state index contributed by atoms with van der Waals surface area (Å²) in [7, 11) is 4.93. The smallest absolute Gasteiger partial charge is 0.164 e. The van der Waals surface area contributed by atoms with E-state index in [9.17, 15) is 0 Å². The molecule has 2 rings (SSSR count). The molecule has 0 aromatic heterocycles. The molecule has 0 aliphatic carbocycles. The third-order valence-electron chi connectivity index (χ3n) is 4.61. The Kier molecular flexibility index (Phi) is 6.71. The monoisotopic (exact) mass is 343 g/mol. The Balaban J connectivity index is 2.31. The van der Waals surface area contributed by atoms with Gasteiger partial charge in [0.15, 0.2) is 11.5 Å². The Hall–Kier alpha value is -2.20. The number of rotatable bonds is 8. The van der Waals surface area contributed by atoms with Crippen LogP contribution >= 0.6 is 0 Å². The normalized spacial score (nSPS) is 12.1. The SMILES string of the molecule is COc1cc(OC)c(OC)cc1CC(CN)c1ccc(C(C)C)cc1. The quantitative estimate of drug-likeness (QED) is 0.783. The van der Waals surface area contributed by atoms with Gasteiger partial charge in [-0.05, 0) is 41.6 Å². The van der Waals surface area contributed by atoms with Crippen molar-refractivity contribution < 1.29 is 14.2 Å². The van der Waals surface area contributed by atoms with Gasteiger partial charge in [0, 0.05) is 12.0 Å². The molecule has 1 atom stereocenters. The van der Waals surface area contributed by atoms with Gasteiger partial charge < -0.3 is 19.9 Å². The summed E-state index contributed by atoms with van der Waals surface area (Å²) in [5.41, 5.74) is 9.71. The Morgan fingerprint density at radius 3 is 1.80 bits per heavy atom. The van der Waals surface area contributed by atoms with Crippen molar-refractivity contribution in [1.82, 2.24) is 0 Å². The first-order chi connectivity index (χ1) is 12.0. The van der Waals surface area contributed by atoms with Crippen LogP contribution in [0.3, 0.4) is 0 Å². The maximum absolute atomic E-state index is 6.07.